The average Bonchev–Trinajstić information content (AvgIpc) is 3.11. The lowest BCUT2D eigenvalue weighted by Crippen LogP contribution is -2.07. The number of esters is 1. The Labute approximate surface area is 149 Å². The maximum absolute atomic E-state index is 12.8. The van der Waals surface area contributed by atoms with E-state index < -0.39 is 5.97 Å². The monoisotopic (exact) mass is 354 g/mol. The molecule has 3 aromatic rings. The molecule has 0 amide bonds. The van der Waals surface area contributed by atoms with Crippen molar-refractivity contribution in [1.82, 2.24) is 0 Å². The van der Waals surface area contributed by atoms with E-state index in [2.05, 4.69) is 0 Å². The molecule has 0 saturated carbocycles. The quantitative estimate of drug-likeness (QED) is 0.372. The van der Waals surface area contributed by atoms with Crippen molar-refractivity contribution in [2.24, 2.45) is 0 Å². The highest BCUT2D eigenvalue weighted by Crippen LogP contribution is 2.18. The highest BCUT2D eigenvalue weighted by molar-refractivity contribution is 5.94. The van der Waals surface area contributed by atoms with Crippen LogP contribution in [-0.2, 0) is 6.61 Å². The van der Waals surface area contributed by atoms with Gasteiger partial charge in [0, 0.05) is 5.56 Å². The zero-order chi connectivity index (χ0) is 18.5. The molecule has 0 spiro atoms. The topological polar surface area (TPSA) is 65.7 Å². The Hall–Kier alpha value is -3.41. The molecule has 0 saturated heterocycles. The number of Topliss-reactive ketones (excluding diaryl/α,β-unsaturated/α-hetero) is 1. The number of furan rings is 1. The third-order valence-corrected chi connectivity index (χ3v) is 3.53. The van der Waals surface area contributed by atoms with Gasteiger partial charge in [-0.1, -0.05) is 0 Å². The first-order chi connectivity index (χ1) is 12.5. The predicted molar refractivity (Wildman–Crippen MR) is 90.8 cm³/mol. The normalized spacial score (nSPS) is 10.4. The standard InChI is InChI=1S/C20H15FO5/c1-13(22)14-2-6-17(7-3-14)26-20(23)19-11-10-18(25-19)12-24-16-8-4-15(21)5-9-16/h2-11H,12H2,1H3. The molecule has 0 aliphatic heterocycles. The molecular weight excluding hydrogens is 339 g/mol. The van der Waals surface area contributed by atoms with Crippen LogP contribution in [0.4, 0.5) is 4.39 Å². The number of hydrogen-bond acceptors (Lipinski definition) is 5. The molecule has 5 nitrogen and oxygen atoms in total. The second kappa shape index (κ2) is 7.65. The molecule has 0 aliphatic rings. The van der Waals surface area contributed by atoms with Gasteiger partial charge >= 0.3 is 5.97 Å². The first kappa shape index (κ1) is 17.4. The minimum absolute atomic E-state index is 0.0263. The third kappa shape index (κ3) is 4.36. The van der Waals surface area contributed by atoms with Crippen LogP contribution in [0.2, 0.25) is 0 Å². The third-order valence-electron chi connectivity index (χ3n) is 3.53. The lowest BCUT2D eigenvalue weighted by atomic mass is 10.1. The molecule has 26 heavy (non-hydrogen) atoms. The number of carbonyl (C=O) groups excluding carboxylic acids is 2. The summed E-state index contributed by atoms with van der Waals surface area (Å²) in [5.74, 6) is 0.162. The van der Waals surface area contributed by atoms with Gasteiger partial charge in [-0.3, -0.25) is 4.79 Å². The van der Waals surface area contributed by atoms with E-state index in [1.807, 2.05) is 0 Å². The minimum atomic E-state index is -0.659. The van der Waals surface area contributed by atoms with Gasteiger partial charge in [-0.25, -0.2) is 9.18 Å². The number of halogens is 1. The van der Waals surface area contributed by atoms with Crippen LogP contribution in [-0.4, -0.2) is 11.8 Å². The molecule has 0 N–H and O–H groups in total. The van der Waals surface area contributed by atoms with E-state index in [0.717, 1.165) is 0 Å². The van der Waals surface area contributed by atoms with Gasteiger partial charge in [-0.05, 0) is 67.6 Å². The molecule has 0 atom stereocenters. The SMILES string of the molecule is CC(=O)c1ccc(OC(=O)c2ccc(COc3ccc(F)cc3)o2)cc1. The number of carbonyl (C=O) groups is 2. The molecule has 6 heteroatoms. The molecule has 3 rings (SSSR count). The summed E-state index contributed by atoms with van der Waals surface area (Å²) in [7, 11) is 0. The Morgan fingerprint density at radius 3 is 2.23 bits per heavy atom. The maximum atomic E-state index is 12.8. The van der Waals surface area contributed by atoms with Crippen molar-refractivity contribution in [1.29, 1.82) is 0 Å². The Morgan fingerprint density at radius 1 is 0.923 bits per heavy atom. The number of ether oxygens (including phenoxy) is 2. The Balaban J connectivity index is 1.58. The average molecular weight is 354 g/mol. The van der Waals surface area contributed by atoms with Crippen LogP contribution in [0, 0.1) is 5.82 Å². The fraction of sp³-hybridized carbons (Fsp3) is 0.100. The predicted octanol–water partition coefficient (Wildman–Crippen LogP) is 4.42. The highest BCUT2D eigenvalue weighted by atomic mass is 19.1. The molecule has 0 aliphatic carbocycles. The first-order valence-electron chi connectivity index (χ1n) is 7.81. The van der Waals surface area contributed by atoms with Crippen molar-refractivity contribution in [3.8, 4) is 11.5 Å². The molecule has 0 fully saturated rings. The molecule has 2 aromatic carbocycles. The van der Waals surface area contributed by atoms with Crippen LogP contribution < -0.4 is 9.47 Å². The van der Waals surface area contributed by atoms with E-state index in [-0.39, 0.29) is 24.0 Å². The van der Waals surface area contributed by atoms with Gasteiger partial charge in [-0.2, -0.15) is 0 Å². The van der Waals surface area contributed by atoms with Crippen molar-refractivity contribution in [2.45, 2.75) is 13.5 Å². The van der Waals surface area contributed by atoms with E-state index in [9.17, 15) is 14.0 Å². The largest absolute Gasteiger partial charge is 0.486 e. The number of ketones is 1. The number of benzene rings is 2. The maximum Gasteiger partial charge on any atom is 0.379 e. The van der Waals surface area contributed by atoms with Crippen LogP contribution in [0.15, 0.2) is 65.1 Å². The van der Waals surface area contributed by atoms with Crippen LogP contribution in [0.5, 0.6) is 11.5 Å². The summed E-state index contributed by atoms with van der Waals surface area (Å²) in [4.78, 5) is 23.3. The van der Waals surface area contributed by atoms with Crippen LogP contribution in [0.3, 0.4) is 0 Å². The van der Waals surface area contributed by atoms with Gasteiger partial charge < -0.3 is 13.9 Å². The van der Waals surface area contributed by atoms with Crippen molar-refractivity contribution in [3.63, 3.8) is 0 Å². The Morgan fingerprint density at radius 2 is 1.58 bits per heavy atom. The summed E-state index contributed by atoms with van der Waals surface area (Å²) >= 11 is 0. The molecule has 132 valence electrons. The summed E-state index contributed by atoms with van der Waals surface area (Å²) in [6, 6.07) is 14.9. The molecule has 0 unspecified atom stereocenters. The van der Waals surface area contributed by atoms with Crippen molar-refractivity contribution in [3.05, 3.63) is 83.6 Å². The van der Waals surface area contributed by atoms with Gasteiger partial charge in [0.1, 0.15) is 29.7 Å². The second-order valence-corrected chi connectivity index (χ2v) is 5.48. The fourth-order valence-electron chi connectivity index (χ4n) is 2.17. The minimum Gasteiger partial charge on any atom is -0.486 e. The van der Waals surface area contributed by atoms with E-state index in [0.29, 0.717) is 22.8 Å². The van der Waals surface area contributed by atoms with E-state index in [1.54, 1.807) is 18.2 Å². The summed E-state index contributed by atoms with van der Waals surface area (Å²) in [5, 5.41) is 0. The molecule has 0 radical (unpaired) electrons. The Bertz CT molecular complexity index is 910. The second-order valence-electron chi connectivity index (χ2n) is 5.48. The summed E-state index contributed by atoms with van der Waals surface area (Å²) in [6.07, 6.45) is 0. The van der Waals surface area contributed by atoms with Crippen LogP contribution in [0.1, 0.15) is 33.6 Å². The summed E-state index contributed by atoms with van der Waals surface area (Å²) < 4.78 is 28.9. The molecule has 1 aromatic heterocycles. The van der Waals surface area contributed by atoms with E-state index >= 15 is 0 Å². The van der Waals surface area contributed by atoms with E-state index in [4.69, 9.17) is 13.9 Å². The highest BCUT2D eigenvalue weighted by Gasteiger charge is 2.14. The molecule has 0 bridgehead atoms. The van der Waals surface area contributed by atoms with E-state index in [1.165, 1.54) is 49.4 Å². The van der Waals surface area contributed by atoms with Gasteiger partial charge in [0.15, 0.2) is 5.78 Å². The lowest BCUT2D eigenvalue weighted by molar-refractivity contribution is 0.0697. The fourth-order valence-corrected chi connectivity index (χ4v) is 2.17. The lowest BCUT2D eigenvalue weighted by Gasteiger charge is -2.04. The Kier molecular flexibility index (Phi) is 5.12. The number of rotatable bonds is 6. The van der Waals surface area contributed by atoms with Gasteiger partial charge in [0.05, 0.1) is 0 Å². The van der Waals surface area contributed by atoms with Crippen LogP contribution in [0.25, 0.3) is 0 Å². The zero-order valence-corrected chi connectivity index (χ0v) is 13.9. The smallest absolute Gasteiger partial charge is 0.379 e. The van der Waals surface area contributed by atoms with Crippen molar-refractivity contribution in [2.75, 3.05) is 0 Å². The van der Waals surface area contributed by atoms with Crippen LogP contribution >= 0.6 is 0 Å². The number of hydrogen-bond donors (Lipinski definition) is 0. The zero-order valence-electron chi connectivity index (χ0n) is 13.9. The van der Waals surface area contributed by atoms with Crippen molar-refractivity contribution >= 4 is 11.8 Å². The first-order valence-corrected chi connectivity index (χ1v) is 7.81. The molecular formula is C20H15FO5. The van der Waals surface area contributed by atoms with Gasteiger partial charge in [0.25, 0.3) is 0 Å². The summed E-state index contributed by atoms with van der Waals surface area (Å²) in [6.45, 7) is 1.55. The van der Waals surface area contributed by atoms with Gasteiger partial charge in [-0.15, -0.1) is 0 Å². The summed E-state index contributed by atoms with van der Waals surface area (Å²) in [5.41, 5.74) is 0.531. The van der Waals surface area contributed by atoms with Gasteiger partial charge in [0.2, 0.25) is 5.76 Å². The van der Waals surface area contributed by atoms with Crippen molar-refractivity contribution < 1.29 is 27.9 Å². The molecule has 1 heterocycles.